The lowest BCUT2D eigenvalue weighted by Gasteiger charge is -2.30. The zero-order valence-electron chi connectivity index (χ0n) is 20.3. The monoisotopic (exact) mass is 531 g/mol. The van der Waals surface area contributed by atoms with Gasteiger partial charge in [0.1, 0.15) is 5.54 Å². The summed E-state index contributed by atoms with van der Waals surface area (Å²) in [6.45, 7) is 0.382. The van der Waals surface area contributed by atoms with Crippen LogP contribution in [-0.4, -0.2) is 35.8 Å². The molecule has 6 rings (SSSR count). The maximum Gasteiger partial charge on any atom is 0.253 e. The van der Waals surface area contributed by atoms with Crippen molar-refractivity contribution >= 4 is 52.5 Å². The SMILES string of the molecule is CSCCC1NC2(C(=O)N(Cc3ccccc3)c3ccccc32)C2C(=O)N(c3cccc(Cl)c3)C(=O)C12. The van der Waals surface area contributed by atoms with Gasteiger partial charge in [0.05, 0.1) is 24.1 Å². The van der Waals surface area contributed by atoms with Crippen LogP contribution in [0.4, 0.5) is 11.4 Å². The Morgan fingerprint density at radius 3 is 2.46 bits per heavy atom. The predicted molar refractivity (Wildman–Crippen MR) is 147 cm³/mol. The third-order valence-electron chi connectivity index (χ3n) is 7.75. The molecule has 8 heteroatoms. The number of imide groups is 1. The molecule has 6 nitrogen and oxygen atoms in total. The third-order valence-corrected chi connectivity index (χ3v) is 8.63. The van der Waals surface area contributed by atoms with Crippen LogP contribution in [0, 0.1) is 11.8 Å². The standard InChI is InChI=1S/C29H26ClN3O3S/c1-37-15-14-22-24-25(27(35)33(26(24)34)20-11-7-10-19(30)16-20)29(31-22)21-12-5-6-13-23(21)32(28(29)36)17-18-8-3-2-4-9-18/h2-13,16,22,24-25,31H,14-15,17H2,1H3. The van der Waals surface area contributed by atoms with Gasteiger partial charge in [0.15, 0.2) is 0 Å². The highest BCUT2D eigenvalue weighted by molar-refractivity contribution is 7.98. The molecule has 37 heavy (non-hydrogen) atoms. The first-order chi connectivity index (χ1) is 18.0. The first kappa shape index (κ1) is 24.2. The lowest BCUT2D eigenvalue weighted by atomic mass is 9.76. The average molecular weight is 532 g/mol. The highest BCUT2D eigenvalue weighted by Gasteiger charge is 2.71. The van der Waals surface area contributed by atoms with Crippen LogP contribution in [0.3, 0.4) is 0 Å². The van der Waals surface area contributed by atoms with E-state index in [0.29, 0.717) is 23.7 Å². The number of rotatable bonds is 6. The zero-order chi connectivity index (χ0) is 25.7. The Morgan fingerprint density at radius 1 is 0.946 bits per heavy atom. The van der Waals surface area contributed by atoms with E-state index in [-0.39, 0.29) is 23.8 Å². The average Bonchev–Trinajstić information content (AvgIpc) is 3.47. The fourth-order valence-electron chi connectivity index (χ4n) is 6.23. The van der Waals surface area contributed by atoms with Gasteiger partial charge in [0.2, 0.25) is 11.8 Å². The molecule has 0 radical (unpaired) electrons. The van der Waals surface area contributed by atoms with E-state index in [4.69, 9.17) is 11.6 Å². The van der Waals surface area contributed by atoms with E-state index >= 15 is 0 Å². The van der Waals surface area contributed by atoms with Crippen molar-refractivity contribution in [2.75, 3.05) is 21.8 Å². The second-order valence-electron chi connectivity index (χ2n) is 9.73. The fraction of sp³-hybridized carbons (Fsp3) is 0.276. The van der Waals surface area contributed by atoms with Gasteiger partial charge in [-0.2, -0.15) is 11.8 Å². The molecule has 2 fully saturated rings. The van der Waals surface area contributed by atoms with Gasteiger partial charge in [-0.05, 0) is 48.3 Å². The smallest absolute Gasteiger partial charge is 0.253 e. The topological polar surface area (TPSA) is 69.7 Å². The normalized spacial score (nSPS) is 26.3. The largest absolute Gasteiger partial charge is 0.306 e. The van der Waals surface area contributed by atoms with Crippen LogP contribution in [0.2, 0.25) is 5.02 Å². The van der Waals surface area contributed by atoms with Gasteiger partial charge in [0, 0.05) is 22.3 Å². The van der Waals surface area contributed by atoms with Gasteiger partial charge in [-0.15, -0.1) is 0 Å². The highest BCUT2D eigenvalue weighted by atomic mass is 35.5. The highest BCUT2D eigenvalue weighted by Crippen LogP contribution is 2.55. The lowest BCUT2D eigenvalue weighted by molar-refractivity contribution is -0.132. The number of halogens is 1. The summed E-state index contributed by atoms with van der Waals surface area (Å²) in [6.07, 6.45) is 2.68. The molecular formula is C29H26ClN3O3S. The van der Waals surface area contributed by atoms with Gasteiger partial charge in [-0.1, -0.05) is 66.2 Å². The second-order valence-corrected chi connectivity index (χ2v) is 11.2. The number of fused-ring (bicyclic) bond motifs is 4. The minimum Gasteiger partial charge on any atom is -0.306 e. The number of carbonyl (C=O) groups excluding carboxylic acids is 3. The molecule has 4 unspecified atom stereocenters. The molecule has 3 aromatic rings. The summed E-state index contributed by atoms with van der Waals surface area (Å²) in [6, 6.07) is 23.9. The predicted octanol–water partition coefficient (Wildman–Crippen LogP) is 4.61. The van der Waals surface area contributed by atoms with Gasteiger partial charge < -0.3 is 4.90 Å². The van der Waals surface area contributed by atoms with Crippen LogP contribution in [0.5, 0.6) is 0 Å². The molecule has 1 spiro atoms. The van der Waals surface area contributed by atoms with E-state index in [0.717, 1.165) is 22.6 Å². The Hall–Kier alpha value is -3.13. The number of nitrogens with zero attached hydrogens (tertiary/aromatic N) is 2. The van der Waals surface area contributed by atoms with Crippen LogP contribution in [0.1, 0.15) is 17.5 Å². The van der Waals surface area contributed by atoms with Crippen LogP contribution in [0.15, 0.2) is 78.9 Å². The lowest BCUT2D eigenvalue weighted by Crippen LogP contribution is -2.55. The summed E-state index contributed by atoms with van der Waals surface area (Å²) in [4.78, 5) is 45.5. The number of benzene rings is 3. The van der Waals surface area contributed by atoms with Crippen LogP contribution < -0.4 is 15.1 Å². The van der Waals surface area contributed by atoms with Gasteiger partial charge >= 0.3 is 0 Å². The van der Waals surface area contributed by atoms with E-state index in [2.05, 4.69) is 5.32 Å². The zero-order valence-corrected chi connectivity index (χ0v) is 21.8. The number of thioether (sulfide) groups is 1. The van der Waals surface area contributed by atoms with Crippen LogP contribution >= 0.6 is 23.4 Å². The van der Waals surface area contributed by atoms with E-state index in [1.54, 1.807) is 40.9 Å². The Bertz CT molecular complexity index is 1400. The quantitative estimate of drug-likeness (QED) is 0.470. The first-order valence-corrected chi connectivity index (χ1v) is 14.1. The summed E-state index contributed by atoms with van der Waals surface area (Å²) in [5, 5.41) is 4.01. The molecule has 0 bridgehead atoms. The minimum absolute atomic E-state index is 0.187. The summed E-state index contributed by atoms with van der Waals surface area (Å²) in [5.41, 5.74) is 1.65. The van der Waals surface area contributed by atoms with E-state index < -0.39 is 17.4 Å². The number of amides is 3. The number of para-hydroxylation sites is 1. The number of hydrogen-bond acceptors (Lipinski definition) is 5. The molecule has 3 heterocycles. The maximum absolute atomic E-state index is 14.5. The van der Waals surface area contributed by atoms with Gasteiger partial charge in [-0.3, -0.25) is 19.7 Å². The Labute approximate surface area is 225 Å². The molecular weight excluding hydrogens is 506 g/mol. The van der Waals surface area contributed by atoms with E-state index in [1.165, 1.54) is 4.90 Å². The molecule has 2 saturated heterocycles. The van der Waals surface area contributed by atoms with Crippen molar-refractivity contribution in [2.45, 2.75) is 24.5 Å². The maximum atomic E-state index is 14.5. The van der Waals surface area contributed by atoms with Crippen LogP contribution in [-0.2, 0) is 26.5 Å². The molecule has 0 saturated carbocycles. The van der Waals surface area contributed by atoms with Crippen molar-refractivity contribution in [3.8, 4) is 0 Å². The van der Waals surface area contributed by atoms with E-state index in [9.17, 15) is 14.4 Å². The molecule has 4 atom stereocenters. The summed E-state index contributed by atoms with van der Waals surface area (Å²) in [5.74, 6) is -1.51. The van der Waals surface area contributed by atoms with Gasteiger partial charge in [-0.25, -0.2) is 4.90 Å². The van der Waals surface area contributed by atoms with Crippen molar-refractivity contribution in [3.05, 3.63) is 95.0 Å². The number of nitrogens with one attached hydrogen (secondary N) is 1. The van der Waals surface area contributed by atoms with Crippen molar-refractivity contribution in [2.24, 2.45) is 11.8 Å². The summed E-state index contributed by atoms with van der Waals surface area (Å²) in [7, 11) is 0. The molecule has 1 N–H and O–H groups in total. The van der Waals surface area contributed by atoms with E-state index in [1.807, 2.05) is 60.9 Å². The Kier molecular flexibility index (Phi) is 6.10. The number of hydrogen-bond donors (Lipinski definition) is 1. The number of anilines is 2. The second kappa shape index (κ2) is 9.31. The molecule has 0 aromatic heterocycles. The van der Waals surface area contributed by atoms with Crippen molar-refractivity contribution in [1.82, 2.24) is 5.32 Å². The molecule has 3 aliphatic rings. The molecule has 3 aromatic carbocycles. The Balaban J connectivity index is 1.48. The minimum atomic E-state index is -1.31. The van der Waals surface area contributed by atoms with Crippen molar-refractivity contribution < 1.29 is 14.4 Å². The van der Waals surface area contributed by atoms with Crippen LogP contribution in [0.25, 0.3) is 0 Å². The molecule has 188 valence electrons. The van der Waals surface area contributed by atoms with Crippen molar-refractivity contribution in [1.29, 1.82) is 0 Å². The first-order valence-electron chi connectivity index (χ1n) is 12.3. The summed E-state index contributed by atoms with van der Waals surface area (Å²) >= 11 is 7.90. The molecule has 0 aliphatic carbocycles. The third kappa shape index (κ3) is 3.63. The Morgan fingerprint density at radius 2 is 1.70 bits per heavy atom. The molecule has 3 aliphatic heterocycles. The van der Waals surface area contributed by atoms with Crippen molar-refractivity contribution in [3.63, 3.8) is 0 Å². The summed E-state index contributed by atoms with van der Waals surface area (Å²) < 4.78 is 0. The number of carbonyl (C=O) groups is 3. The molecule has 3 amide bonds. The van der Waals surface area contributed by atoms with Gasteiger partial charge in [0.25, 0.3) is 5.91 Å². The fourth-order valence-corrected chi connectivity index (χ4v) is 6.91.